The summed E-state index contributed by atoms with van der Waals surface area (Å²) in [5.74, 6) is 0. The number of benzene rings is 14. The van der Waals surface area contributed by atoms with Gasteiger partial charge in [0.25, 0.3) is 6.71 Å². The molecule has 0 saturated carbocycles. The maximum absolute atomic E-state index is 2.63. The first-order valence-corrected chi connectivity index (χ1v) is 37.8. The van der Waals surface area contributed by atoms with Gasteiger partial charge in [0.2, 0.25) is 0 Å². The molecule has 0 amide bonds. The first kappa shape index (κ1) is 63.1. The normalized spacial score (nSPS) is 15.7. The highest BCUT2D eigenvalue weighted by Crippen LogP contribution is 2.52. The van der Waals surface area contributed by atoms with Crippen molar-refractivity contribution in [1.82, 2.24) is 9.13 Å². The van der Waals surface area contributed by atoms with Crippen LogP contribution in [0, 0.1) is 0 Å². The van der Waals surface area contributed by atoms with Gasteiger partial charge in [-0.05, 0) is 233 Å². The zero-order valence-electron chi connectivity index (χ0n) is 61.1. The van der Waals surface area contributed by atoms with E-state index in [1.54, 1.807) is 0 Å². The van der Waals surface area contributed by atoms with Crippen LogP contribution in [0.15, 0.2) is 309 Å². The van der Waals surface area contributed by atoms with Crippen LogP contribution in [0.2, 0.25) is 0 Å². The van der Waals surface area contributed by atoms with Gasteiger partial charge in [-0.25, -0.2) is 0 Å². The van der Waals surface area contributed by atoms with E-state index >= 15 is 0 Å². The Morgan fingerprint density at radius 3 is 1.00 bits per heavy atom. The zero-order chi connectivity index (χ0) is 70.8. The van der Waals surface area contributed by atoms with Gasteiger partial charge in [0, 0.05) is 61.4 Å². The Labute approximate surface area is 617 Å². The fourth-order valence-corrected chi connectivity index (χ4v) is 18.9. The Kier molecular flexibility index (Phi) is 14.1. The first-order chi connectivity index (χ1) is 51.0. The molecular weight excluding hydrogens is 1270 g/mol. The third kappa shape index (κ3) is 10.0. The molecule has 0 saturated heterocycles. The molecule has 0 N–H and O–H groups in total. The molecule has 2 aromatic heterocycles. The van der Waals surface area contributed by atoms with Crippen LogP contribution >= 0.6 is 0 Å². The lowest BCUT2D eigenvalue weighted by molar-refractivity contribution is 0.332. The molecule has 0 spiro atoms. The molecule has 0 fully saturated rings. The molecule has 14 aromatic carbocycles. The fourth-order valence-electron chi connectivity index (χ4n) is 18.9. The Bertz CT molecular complexity index is 6060. The van der Waals surface area contributed by atoms with Crippen molar-refractivity contribution >= 4 is 101 Å². The minimum absolute atomic E-state index is 0.0753. The van der Waals surface area contributed by atoms with Crippen LogP contribution in [-0.2, 0) is 21.7 Å². The number of para-hydroxylation sites is 2. The lowest BCUT2D eigenvalue weighted by Gasteiger charge is -2.44. The van der Waals surface area contributed by atoms with Crippen LogP contribution < -0.4 is 26.2 Å². The summed E-state index contributed by atoms with van der Waals surface area (Å²) in [4.78, 5) is 5.24. The van der Waals surface area contributed by atoms with Gasteiger partial charge in [-0.15, -0.1) is 0 Å². The third-order valence-electron chi connectivity index (χ3n) is 24.8. The van der Waals surface area contributed by atoms with E-state index in [-0.39, 0.29) is 28.4 Å². The molecule has 4 nitrogen and oxygen atoms in total. The van der Waals surface area contributed by atoms with Crippen LogP contribution in [0.1, 0.15) is 103 Å². The highest BCUT2D eigenvalue weighted by atomic mass is 15.2. The van der Waals surface area contributed by atoms with Crippen molar-refractivity contribution in [1.29, 1.82) is 0 Å². The van der Waals surface area contributed by atoms with E-state index < -0.39 is 0 Å². The number of hydrogen-bond acceptors (Lipinski definition) is 2. The maximum atomic E-state index is 2.63. The van der Waals surface area contributed by atoms with Crippen molar-refractivity contribution in [3.63, 3.8) is 0 Å². The number of nitrogens with zero attached hydrogens (tertiary/aromatic N) is 4. The van der Waals surface area contributed by atoms with Crippen LogP contribution in [0.5, 0.6) is 0 Å². The standard InChI is InChI=1S/C100H83BN4/c1-97(2)52-54-99(5,6)84-58-71(36-46-82(84)97)67-32-41-74(42-33-67)102-92-60-73(66-26-16-11-17-27-66)38-48-86(92)101-87-49-45-76(104-90-50-39-69(64-22-12-9-13-23-64)56-80(90)81-57-70(40-51-91(81)104)65-24-14-10-15-25-65)61-93(87)103(75-43-34-68(35-44-75)72-37-47-83-85(59-72)100(7,8)55-53-98(83,3)4)95-63-77(62-94(102)96(95)101)105-88-30-20-18-28-78(88)79-29-19-21-31-89(79)105/h9-51,56-63H,52-55H2,1-8H3. The predicted octanol–water partition coefficient (Wildman–Crippen LogP) is 25.0. The van der Waals surface area contributed by atoms with E-state index in [1.807, 2.05) is 0 Å². The van der Waals surface area contributed by atoms with Gasteiger partial charge >= 0.3 is 0 Å². The van der Waals surface area contributed by atoms with Gasteiger partial charge in [0.1, 0.15) is 0 Å². The molecule has 0 bridgehead atoms. The number of hydrogen-bond donors (Lipinski definition) is 0. The third-order valence-corrected chi connectivity index (χ3v) is 24.8. The van der Waals surface area contributed by atoms with Crippen molar-refractivity contribution < 1.29 is 0 Å². The van der Waals surface area contributed by atoms with Gasteiger partial charge < -0.3 is 18.9 Å². The van der Waals surface area contributed by atoms with E-state index in [2.05, 4.69) is 384 Å². The molecule has 16 aromatic rings. The number of fused-ring (bicyclic) bond motifs is 12. The molecule has 20 rings (SSSR count). The topological polar surface area (TPSA) is 16.3 Å². The van der Waals surface area contributed by atoms with E-state index in [0.29, 0.717) is 0 Å². The van der Waals surface area contributed by atoms with Crippen molar-refractivity contribution in [2.24, 2.45) is 0 Å². The zero-order valence-corrected chi connectivity index (χ0v) is 61.1. The van der Waals surface area contributed by atoms with E-state index in [0.717, 1.165) is 57.3 Å². The molecular formula is C100H83BN4. The monoisotopic (exact) mass is 1350 g/mol. The quantitative estimate of drug-likeness (QED) is 0.134. The van der Waals surface area contributed by atoms with Gasteiger partial charge in [-0.2, -0.15) is 0 Å². The maximum Gasteiger partial charge on any atom is 0.252 e. The summed E-state index contributed by atoms with van der Waals surface area (Å²) in [5, 5.41) is 4.89. The van der Waals surface area contributed by atoms with Crippen molar-refractivity contribution in [2.45, 2.75) is 103 Å². The summed E-state index contributed by atoms with van der Waals surface area (Å²) in [6, 6.07) is 118. The van der Waals surface area contributed by atoms with Gasteiger partial charge in [-0.1, -0.05) is 274 Å². The lowest BCUT2D eigenvalue weighted by Crippen LogP contribution is -2.61. The summed E-state index contributed by atoms with van der Waals surface area (Å²) in [5.41, 5.74) is 35.8. The Morgan fingerprint density at radius 2 is 0.543 bits per heavy atom. The Balaban J connectivity index is 0.854. The summed E-state index contributed by atoms with van der Waals surface area (Å²) in [6.45, 7) is 19.3. The minimum Gasteiger partial charge on any atom is -0.311 e. The molecule has 5 heteroatoms. The number of aromatic nitrogens is 2. The summed E-state index contributed by atoms with van der Waals surface area (Å²) >= 11 is 0. The predicted molar refractivity (Wildman–Crippen MR) is 447 cm³/mol. The molecule has 4 aliphatic rings. The van der Waals surface area contributed by atoms with Crippen LogP contribution in [0.3, 0.4) is 0 Å². The van der Waals surface area contributed by atoms with Crippen LogP contribution in [0.25, 0.3) is 111 Å². The summed E-state index contributed by atoms with van der Waals surface area (Å²) in [6.07, 6.45) is 4.70. The molecule has 0 atom stereocenters. The second-order valence-corrected chi connectivity index (χ2v) is 32.9. The average molecular weight is 1350 g/mol. The van der Waals surface area contributed by atoms with Crippen molar-refractivity contribution in [2.75, 3.05) is 9.80 Å². The van der Waals surface area contributed by atoms with Gasteiger partial charge in [-0.3, -0.25) is 0 Å². The molecule has 105 heavy (non-hydrogen) atoms. The number of anilines is 6. The van der Waals surface area contributed by atoms with E-state index in [1.165, 1.54) is 152 Å². The minimum atomic E-state index is -0.164. The van der Waals surface area contributed by atoms with Gasteiger partial charge in [0.15, 0.2) is 0 Å². The summed E-state index contributed by atoms with van der Waals surface area (Å²) < 4.78 is 5.06. The lowest BCUT2D eigenvalue weighted by atomic mass is 9.33. The SMILES string of the molecule is CC1(C)CCC(C)(C)c2cc(-c3ccc(N4c5cc(-c6ccccc6)ccc5B5c6ccc(-n7c8ccc(-c9ccccc9)cc8c8cc(-c9ccccc9)ccc87)cc6N(c6ccc(-c7ccc8c(c7)C(C)(C)CCC8(C)C)cc6)c6cc(-n7c8ccccc8c8ccccc87)cc4c65)cc3)ccc21. The average Bonchev–Trinajstić information content (AvgIpc) is 1.19. The van der Waals surface area contributed by atoms with E-state index in [9.17, 15) is 0 Å². The van der Waals surface area contributed by atoms with Crippen LogP contribution in [0.4, 0.5) is 34.1 Å². The van der Waals surface area contributed by atoms with Gasteiger partial charge in [0.05, 0.1) is 27.8 Å². The Morgan fingerprint density at radius 1 is 0.229 bits per heavy atom. The molecule has 2 aliphatic heterocycles. The molecule has 2 aliphatic carbocycles. The van der Waals surface area contributed by atoms with E-state index in [4.69, 9.17) is 0 Å². The largest absolute Gasteiger partial charge is 0.311 e. The second kappa shape index (κ2) is 23.4. The summed E-state index contributed by atoms with van der Waals surface area (Å²) in [7, 11) is 0. The molecule has 4 heterocycles. The highest BCUT2D eigenvalue weighted by Gasteiger charge is 2.45. The number of rotatable bonds is 9. The molecule has 506 valence electrons. The molecule has 0 unspecified atom stereocenters. The smallest absolute Gasteiger partial charge is 0.252 e. The van der Waals surface area contributed by atoms with Crippen molar-refractivity contribution in [3.8, 4) is 67.0 Å². The highest BCUT2D eigenvalue weighted by molar-refractivity contribution is 7.00. The fraction of sp³-hybridized carbons (Fsp3) is 0.160. The molecule has 0 radical (unpaired) electrons. The Hall–Kier alpha value is -11.7. The first-order valence-electron chi connectivity index (χ1n) is 37.8. The van der Waals surface area contributed by atoms with Crippen LogP contribution in [-0.4, -0.2) is 15.8 Å². The van der Waals surface area contributed by atoms with Crippen molar-refractivity contribution in [3.05, 3.63) is 332 Å². The second-order valence-electron chi connectivity index (χ2n) is 32.9.